The molecule has 0 saturated heterocycles. The molecule has 2 saturated carbocycles. The summed E-state index contributed by atoms with van der Waals surface area (Å²) in [7, 11) is 0. The zero-order valence-corrected chi connectivity index (χ0v) is 35.3. The second-order valence-corrected chi connectivity index (χ2v) is 19.8. The number of aromatic nitrogens is 1. The summed E-state index contributed by atoms with van der Waals surface area (Å²) in [6, 6.07) is 2.44. The van der Waals surface area contributed by atoms with Gasteiger partial charge in [0.15, 0.2) is 0 Å². The SMILES string of the molecule is CCCCC[C@@H]1C=C[C@@H](CCCC[C@H]2CC[C@@H](c3cc4c([nH]3)C[C@H]3C=CC[C@H](C)[C@@H]3[C@H]4C)[C@@H]3C[C@H](CC4=CCNC(N)=C4)C[C@@]3(O)CC[C@H](O)[C@H]2C(=O)O)[C@H](O)C1. The van der Waals surface area contributed by atoms with Gasteiger partial charge in [0.1, 0.15) is 0 Å². The number of rotatable bonds is 13. The number of fused-ring (bicyclic) bond motifs is 3. The highest BCUT2D eigenvalue weighted by Crippen LogP contribution is 2.55. The predicted octanol–water partition coefficient (Wildman–Crippen LogP) is 9.01. The van der Waals surface area contributed by atoms with Crippen LogP contribution in [-0.2, 0) is 11.2 Å². The van der Waals surface area contributed by atoms with Crippen molar-refractivity contribution in [2.24, 2.45) is 59.0 Å². The number of nitrogens with two attached hydrogens (primary N) is 1. The fraction of sp³-hybridized carbons (Fsp3) is 0.735. The molecule has 8 nitrogen and oxygen atoms in total. The van der Waals surface area contributed by atoms with Gasteiger partial charge in [-0.1, -0.05) is 83.3 Å². The van der Waals surface area contributed by atoms with E-state index in [1.807, 2.05) is 6.08 Å². The van der Waals surface area contributed by atoms with Gasteiger partial charge in [0.05, 0.1) is 29.5 Å². The molecule has 7 rings (SSSR count). The number of aromatic amines is 1. The number of aliphatic hydroxyl groups excluding tert-OH is 2. The van der Waals surface area contributed by atoms with Crippen molar-refractivity contribution in [1.82, 2.24) is 10.3 Å². The zero-order chi connectivity index (χ0) is 40.3. The van der Waals surface area contributed by atoms with E-state index in [1.54, 1.807) is 0 Å². The van der Waals surface area contributed by atoms with Gasteiger partial charge in [-0.05, 0) is 154 Å². The van der Waals surface area contributed by atoms with Gasteiger partial charge >= 0.3 is 5.97 Å². The summed E-state index contributed by atoms with van der Waals surface area (Å²) in [6.45, 7) is 7.76. The van der Waals surface area contributed by atoms with Crippen LogP contribution in [0.25, 0.3) is 0 Å². The molecule has 0 radical (unpaired) electrons. The molecule has 0 unspecified atom stereocenters. The number of carboxylic acid groups (broad SMARTS) is 1. The second kappa shape index (κ2) is 18.6. The minimum atomic E-state index is -1.01. The number of nitrogens with one attached hydrogen (secondary N) is 2. The van der Waals surface area contributed by atoms with Gasteiger partial charge in [-0.15, -0.1) is 0 Å². The third kappa shape index (κ3) is 9.65. The van der Waals surface area contributed by atoms with E-state index in [9.17, 15) is 25.2 Å². The first-order valence-corrected chi connectivity index (χ1v) is 23.2. The molecule has 2 heterocycles. The van der Waals surface area contributed by atoms with Crippen molar-refractivity contribution < 1.29 is 25.2 Å². The van der Waals surface area contributed by atoms with Crippen LogP contribution < -0.4 is 11.1 Å². The van der Waals surface area contributed by atoms with Crippen LogP contribution in [0.4, 0.5) is 0 Å². The summed E-state index contributed by atoms with van der Waals surface area (Å²) in [6.07, 6.45) is 28.1. The topological polar surface area (TPSA) is 152 Å². The van der Waals surface area contributed by atoms with Crippen LogP contribution in [-0.4, -0.2) is 55.7 Å². The molecular weight excluding hydrogens is 711 g/mol. The minimum absolute atomic E-state index is 0.00208. The first kappa shape index (κ1) is 42.3. The van der Waals surface area contributed by atoms with E-state index in [4.69, 9.17) is 5.73 Å². The molecule has 1 aliphatic heterocycles. The Hall–Kier alpha value is -2.81. The summed E-state index contributed by atoms with van der Waals surface area (Å²) < 4.78 is 0. The van der Waals surface area contributed by atoms with Crippen LogP contribution in [0.2, 0.25) is 0 Å². The number of carbonyl (C=O) groups is 1. The largest absolute Gasteiger partial charge is 0.481 e. The van der Waals surface area contributed by atoms with Crippen LogP contribution in [0.1, 0.15) is 159 Å². The molecule has 0 amide bonds. The molecule has 316 valence electrons. The van der Waals surface area contributed by atoms with E-state index < -0.39 is 23.6 Å². The Morgan fingerprint density at radius 3 is 2.56 bits per heavy atom. The highest BCUT2D eigenvalue weighted by atomic mass is 16.4. The van der Waals surface area contributed by atoms with Crippen LogP contribution in [0.15, 0.2) is 53.9 Å². The van der Waals surface area contributed by atoms with Crippen molar-refractivity contribution in [3.63, 3.8) is 0 Å². The molecule has 1 aromatic rings. The Kier molecular flexibility index (Phi) is 13.8. The second-order valence-electron chi connectivity index (χ2n) is 19.8. The molecule has 6 aliphatic rings. The molecule has 14 atom stereocenters. The molecule has 5 aliphatic carbocycles. The van der Waals surface area contributed by atoms with Crippen molar-refractivity contribution >= 4 is 5.97 Å². The third-order valence-corrected chi connectivity index (χ3v) is 16.0. The van der Waals surface area contributed by atoms with Crippen molar-refractivity contribution in [3.8, 4) is 0 Å². The zero-order valence-electron chi connectivity index (χ0n) is 35.3. The fourth-order valence-corrected chi connectivity index (χ4v) is 13.0. The number of hydrogen-bond acceptors (Lipinski definition) is 6. The lowest BCUT2D eigenvalue weighted by Gasteiger charge is -2.41. The molecule has 2 fully saturated rings. The van der Waals surface area contributed by atoms with Gasteiger partial charge < -0.3 is 36.5 Å². The van der Waals surface area contributed by atoms with E-state index in [-0.39, 0.29) is 42.1 Å². The van der Waals surface area contributed by atoms with Gasteiger partial charge in [-0.3, -0.25) is 4.79 Å². The number of unbranched alkanes of at least 4 members (excludes halogenated alkanes) is 3. The lowest BCUT2D eigenvalue weighted by Crippen LogP contribution is -2.42. The van der Waals surface area contributed by atoms with Crippen LogP contribution in [0.5, 0.6) is 0 Å². The number of carboxylic acids is 1. The molecule has 1 aromatic heterocycles. The number of aliphatic carboxylic acids is 1. The van der Waals surface area contributed by atoms with E-state index in [0.717, 1.165) is 70.6 Å². The first-order valence-electron chi connectivity index (χ1n) is 23.2. The Morgan fingerprint density at radius 2 is 1.79 bits per heavy atom. The lowest BCUT2D eigenvalue weighted by atomic mass is 9.64. The number of hydrogen-bond donors (Lipinski definition) is 7. The fourth-order valence-electron chi connectivity index (χ4n) is 13.0. The summed E-state index contributed by atoms with van der Waals surface area (Å²) in [5.41, 5.74) is 10.4. The average Bonchev–Trinajstić information content (AvgIpc) is 3.74. The monoisotopic (exact) mass is 786 g/mol. The third-order valence-electron chi connectivity index (χ3n) is 16.0. The van der Waals surface area contributed by atoms with E-state index in [1.165, 1.54) is 41.8 Å². The number of H-pyrrole nitrogens is 1. The average molecular weight is 786 g/mol. The van der Waals surface area contributed by atoms with Crippen molar-refractivity contribution in [1.29, 1.82) is 0 Å². The first-order chi connectivity index (χ1) is 27.4. The van der Waals surface area contributed by atoms with Gasteiger partial charge in [0.2, 0.25) is 0 Å². The summed E-state index contributed by atoms with van der Waals surface area (Å²) in [5, 5.41) is 49.4. The molecule has 57 heavy (non-hydrogen) atoms. The highest BCUT2D eigenvalue weighted by molar-refractivity contribution is 5.71. The normalized spacial score (nSPS) is 39.3. The number of aliphatic hydroxyl groups is 3. The maximum Gasteiger partial charge on any atom is 0.309 e. The van der Waals surface area contributed by atoms with Crippen LogP contribution in [0, 0.1) is 53.3 Å². The van der Waals surface area contributed by atoms with Gasteiger partial charge in [0.25, 0.3) is 0 Å². The maximum atomic E-state index is 13.1. The van der Waals surface area contributed by atoms with Crippen molar-refractivity contribution in [3.05, 3.63) is 70.9 Å². The number of dihydropyridines is 1. The van der Waals surface area contributed by atoms with Crippen molar-refractivity contribution in [2.75, 3.05) is 6.54 Å². The molecule has 0 bridgehead atoms. The molecule has 8 heteroatoms. The Labute approximate surface area is 342 Å². The molecule has 8 N–H and O–H groups in total. The Bertz CT molecular complexity index is 1640. The van der Waals surface area contributed by atoms with Gasteiger partial charge in [-0.25, -0.2) is 0 Å². The van der Waals surface area contributed by atoms with Crippen LogP contribution >= 0.6 is 0 Å². The maximum absolute atomic E-state index is 13.1. The summed E-state index contributed by atoms with van der Waals surface area (Å²) >= 11 is 0. The van der Waals surface area contributed by atoms with Crippen molar-refractivity contribution in [2.45, 2.75) is 166 Å². The summed E-state index contributed by atoms with van der Waals surface area (Å²) in [4.78, 5) is 17.0. The van der Waals surface area contributed by atoms with E-state index in [0.29, 0.717) is 61.2 Å². The smallest absolute Gasteiger partial charge is 0.309 e. The highest BCUT2D eigenvalue weighted by Gasteiger charge is 2.52. The van der Waals surface area contributed by atoms with Crippen LogP contribution in [0.3, 0.4) is 0 Å². The lowest BCUT2D eigenvalue weighted by molar-refractivity contribution is -0.150. The predicted molar refractivity (Wildman–Crippen MR) is 228 cm³/mol. The molecule has 0 aromatic carbocycles. The van der Waals surface area contributed by atoms with Gasteiger partial charge in [0, 0.05) is 29.8 Å². The van der Waals surface area contributed by atoms with E-state index in [2.05, 4.69) is 67.5 Å². The standard InChI is InChI=1S/C49H75N3O5/c1-4-5-6-11-32-15-16-35(44(54)25-32)12-7-8-13-36-17-18-38(42-28-39-31(3)46-30(2)10-9-14-37(46)27-41(39)52-42)40-24-34(23-33-20-22-51-45(50)26-33)29-49(40,57)21-19-43(53)47(36)48(55)56/h9,14-16,20,26,28,30-32,34-38,40,43-44,46-47,51-54,57H,4-8,10-13,17-19,21-25,27,29,50H2,1-3H3,(H,55,56)/t30-,31-,32+,34-,35+,36-,37+,38+,40-,43-,44+,46+,47-,49-/m0/s1. The quantitative estimate of drug-likeness (QED) is 0.0779. The van der Waals surface area contributed by atoms with Gasteiger partial charge in [-0.2, -0.15) is 0 Å². The molecular formula is C49H75N3O5. The Balaban J connectivity index is 1.11. The summed E-state index contributed by atoms with van der Waals surface area (Å²) in [5.74, 6) is 1.96. The molecule has 0 spiro atoms. The minimum Gasteiger partial charge on any atom is -0.481 e. The number of allylic oxidation sites excluding steroid dienone is 5. The van der Waals surface area contributed by atoms with E-state index >= 15 is 0 Å². The Morgan fingerprint density at radius 1 is 0.982 bits per heavy atom.